The number of halogens is 2. The van der Waals surface area contributed by atoms with E-state index in [0.717, 1.165) is 6.07 Å². The number of hydrogen-bond acceptors (Lipinski definition) is 2. The molecule has 1 atom stereocenters. The fourth-order valence-electron chi connectivity index (χ4n) is 1.05. The summed E-state index contributed by atoms with van der Waals surface area (Å²) in [6, 6.07) is 3.86. The summed E-state index contributed by atoms with van der Waals surface area (Å²) in [6.45, 7) is 2.18. The van der Waals surface area contributed by atoms with Crippen molar-refractivity contribution in [3.8, 4) is 5.75 Å². The smallest absolute Gasteiger partial charge is 0.200 e. The number of benzene rings is 1. The zero-order valence-corrected chi connectivity index (χ0v) is 8.80. The van der Waals surface area contributed by atoms with Crippen molar-refractivity contribution in [2.24, 2.45) is 0 Å². The fourth-order valence-corrected chi connectivity index (χ4v) is 1.05. The standard InChI is InChI=1S/C11H14F2O2/c1-8(14-2)6-7-15-10-5-3-4-9(12)11(10)13/h3-5,8H,6-7H2,1-2H3. The van der Waals surface area contributed by atoms with Crippen molar-refractivity contribution < 1.29 is 18.3 Å². The molecule has 0 amide bonds. The SMILES string of the molecule is COC(C)CCOc1cccc(F)c1F. The molecule has 1 aromatic rings. The average molecular weight is 216 g/mol. The van der Waals surface area contributed by atoms with Gasteiger partial charge in [0.1, 0.15) is 0 Å². The van der Waals surface area contributed by atoms with Gasteiger partial charge in [-0.1, -0.05) is 6.07 Å². The maximum absolute atomic E-state index is 13.1. The Balaban J connectivity index is 2.47. The molecule has 0 saturated heterocycles. The Hall–Kier alpha value is -1.16. The van der Waals surface area contributed by atoms with Crippen molar-refractivity contribution in [3.63, 3.8) is 0 Å². The topological polar surface area (TPSA) is 18.5 Å². The van der Waals surface area contributed by atoms with Gasteiger partial charge in [0.25, 0.3) is 0 Å². The predicted molar refractivity (Wildman–Crippen MR) is 52.9 cm³/mol. The van der Waals surface area contributed by atoms with Crippen molar-refractivity contribution >= 4 is 0 Å². The molecule has 2 nitrogen and oxygen atoms in total. The van der Waals surface area contributed by atoms with E-state index in [1.165, 1.54) is 12.1 Å². The molecule has 0 bridgehead atoms. The van der Waals surface area contributed by atoms with E-state index in [4.69, 9.17) is 9.47 Å². The molecule has 1 aromatic carbocycles. The lowest BCUT2D eigenvalue weighted by Gasteiger charge is -2.11. The second kappa shape index (κ2) is 5.66. The lowest BCUT2D eigenvalue weighted by atomic mass is 10.3. The molecule has 1 rings (SSSR count). The zero-order chi connectivity index (χ0) is 11.3. The summed E-state index contributed by atoms with van der Waals surface area (Å²) in [5.74, 6) is -1.90. The molecule has 4 heteroatoms. The first-order valence-electron chi connectivity index (χ1n) is 4.74. The highest BCUT2D eigenvalue weighted by molar-refractivity contribution is 5.24. The largest absolute Gasteiger partial charge is 0.490 e. The first-order chi connectivity index (χ1) is 7.15. The number of hydrogen-bond donors (Lipinski definition) is 0. The summed E-state index contributed by atoms with van der Waals surface area (Å²) in [5.41, 5.74) is 0. The van der Waals surface area contributed by atoms with Crippen LogP contribution in [0.15, 0.2) is 18.2 Å². The van der Waals surface area contributed by atoms with Crippen LogP contribution in [0.1, 0.15) is 13.3 Å². The maximum atomic E-state index is 13.1. The predicted octanol–water partition coefficient (Wildman–Crippen LogP) is 2.77. The van der Waals surface area contributed by atoms with Gasteiger partial charge in [0.05, 0.1) is 12.7 Å². The molecule has 0 heterocycles. The molecule has 15 heavy (non-hydrogen) atoms. The van der Waals surface area contributed by atoms with Gasteiger partial charge in [-0.05, 0) is 19.1 Å². The zero-order valence-electron chi connectivity index (χ0n) is 8.80. The second-order valence-electron chi connectivity index (χ2n) is 3.24. The van der Waals surface area contributed by atoms with Gasteiger partial charge in [0, 0.05) is 13.5 Å². The molecule has 0 spiro atoms. The van der Waals surface area contributed by atoms with E-state index >= 15 is 0 Å². The molecule has 84 valence electrons. The minimum atomic E-state index is -0.942. The Labute approximate surface area is 87.8 Å². The van der Waals surface area contributed by atoms with Crippen molar-refractivity contribution in [1.29, 1.82) is 0 Å². The van der Waals surface area contributed by atoms with Crippen LogP contribution in [-0.4, -0.2) is 19.8 Å². The molecule has 0 aliphatic heterocycles. The minimum absolute atomic E-state index is 0.0432. The monoisotopic (exact) mass is 216 g/mol. The number of rotatable bonds is 5. The van der Waals surface area contributed by atoms with Crippen LogP contribution in [0, 0.1) is 11.6 Å². The van der Waals surface area contributed by atoms with Crippen LogP contribution < -0.4 is 4.74 Å². The van der Waals surface area contributed by atoms with Crippen LogP contribution in [-0.2, 0) is 4.74 Å². The van der Waals surface area contributed by atoms with E-state index in [-0.39, 0.29) is 11.9 Å². The highest BCUT2D eigenvalue weighted by Crippen LogP contribution is 2.19. The van der Waals surface area contributed by atoms with E-state index in [9.17, 15) is 8.78 Å². The van der Waals surface area contributed by atoms with Crippen molar-refractivity contribution in [2.75, 3.05) is 13.7 Å². The highest BCUT2D eigenvalue weighted by Gasteiger charge is 2.08. The molecule has 1 unspecified atom stereocenters. The lowest BCUT2D eigenvalue weighted by Crippen LogP contribution is -2.11. The molecule has 0 N–H and O–H groups in total. The summed E-state index contributed by atoms with van der Waals surface area (Å²) < 4.78 is 35.9. The van der Waals surface area contributed by atoms with Crippen LogP contribution in [0.2, 0.25) is 0 Å². The van der Waals surface area contributed by atoms with Gasteiger partial charge in [0.2, 0.25) is 5.82 Å². The van der Waals surface area contributed by atoms with Gasteiger partial charge >= 0.3 is 0 Å². The van der Waals surface area contributed by atoms with E-state index in [1.807, 2.05) is 6.92 Å². The quantitative estimate of drug-likeness (QED) is 0.753. The Bertz CT molecular complexity index is 315. The van der Waals surface area contributed by atoms with E-state index in [2.05, 4.69) is 0 Å². The van der Waals surface area contributed by atoms with Crippen molar-refractivity contribution in [2.45, 2.75) is 19.4 Å². The van der Waals surface area contributed by atoms with Gasteiger partial charge < -0.3 is 9.47 Å². The third-order valence-electron chi connectivity index (χ3n) is 2.10. The van der Waals surface area contributed by atoms with Gasteiger partial charge in [-0.3, -0.25) is 0 Å². The number of methoxy groups -OCH3 is 1. The van der Waals surface area contributed by atoms with Crippen LogP contribution in [0.3, 0.4) is 0 Å². The number of ether oxygens (including phenoxy) is 2. The second-order valence-corrected chi connectivity index (χ2v) is 3.24. The molecule has 0 saturated carbocycles. The minimum Gasteiger partial charge on any atom is -0.490 e. The van der Waals surface area contributed by atoms with Crippen LogP contribution in [0.25, 0.3) is 0 Å². The Morgan fingerprint density at radius 3 is 2.73 bits per heavy atom. The fraction of sp³-hybridized carbons (Fsp3) is 0.455. The van der Waals surface area contributed by atoms with Gasteiger partial charge in [-0.15, -0.1) is 0 Å². The molecule has 0 aliphatic carbocycles. The van der Waals surface area contributed by atoms with Gasteiger partial charge in [0.15, 0.2) is 11.6 Å². The first kappa shape index (κ1) is 11.9. The van der Waals surface area contributed by atoms with Gasteiger partial charge in [-0.2, -0.15) is 4.39 Å². The van der Waals surface area contributed by atoms with Crippen LogP contribution in [0.5, 0.6) is 5.75 Å². The maximum Gasteiger partial charge on any atom is 0.200 e. The van der Waals surface area contributed by atoms with E-state index < -0.39 is 11.6 Å². The first-order valence-corrected chi connectivity index (χ1v) is 4.74. The third kappa shape index (κ3) is 3.47. The van der Waals surface area contributed by atoms with E-state index in [1.54, 1.807) is 7.11 Å². The summed E-state index contributed by atoms with van der Waals surface area (Å²) in [7, 11) is 1.59. The molecular weight excluding hydrogens is 202 g/mol. The van der Waals surface area contributed by atoms with Crippen LogP contribution >= 0.6 is 0 Å². The molecular formula is C11H14F2O2. The Kier molecular flexibility index (Phi) is 4.49. The van der Waals surface area contributed by atoms with Crippen LogP contribution in [0.4, 0.5) is 8.78 Å². The highest BCUT2D eigenvalue weighted by atomic mass is 19.2. The molecule has 0 fully saturated rings. The summed E-state index contributed by atoms with van der Waals surface area (Å²) in [5, 5.41) is 0. The normalized spacial score (nSPS) is 12.5. The lowest BCUT2D eigenvalue weighted by molar-refractivity contribution is 0.0947. The Morgan fingerprint density at radius 2 is 2.07 bits per heavy atom. The molecule has 0 aromatic heterocycles. The summed E-state index contributed by atoms with van der Waals surface area (Å²) in [6.07, 6.45) is 0.675. The summed E-state index contributed by atoms with van der Waals surface area (Å²) >= 11 is 0. The molecule has 0 radical (unpaired) electrons. The van der Waals surface area contributed by atoms with E-state index in [0.29, 0.717) is 13.0 Å². The van der Waals surface area contributed by atoms with Gasteiger partial charge in [-0.25, -0.2) is 4.39 Å². The van der Waals surface area contributed by atoms with Crippen molar-refractivity contribution in [1.82, 2.24) is 0 Å². The average Bonchev–Trinajstić information content (AvgIpc) is 2.24. The third-order valence-corrected chi connectivity index (χ3v) is 2.10. The summed E-state index contributed by atoms with van der Waals surface area (Å²) in [4.78, 5) is 0. The molecule has 0 aliphatic rings. The van der Waals surface area contributed by atoms with Crippen molar-refractivity contribution in [3.05, 3.63) is 29.8 Å². The Morgan fingerprint density at radius 1 is 1.33 bits per heavy atom.